The van der Waals surface area contributed by atoms with E-state index in [2.05, 4.69) is 209 Å². The van der Waals surface area contributed by atoms with Gasteiger partial charge in [-0.3, -0.25) is 0 Å². The Kier molecular flexibility index (Phi) is 6.98. The first-order valence-electron chi connectivity index (χ1n) is 19.7. The van der Waals surface area contributed by atoms with Crippen LogP contribution in [0.25, 0.3) is 66.4 Å². The molecule has 56 heavy (non-hydrogen) atoms. The molecule has 8 aromatic carbocycles. The predicted octanol–water partition coefficient (Wildman–Crippen LogP) is 15.0. The van der Waals surface area contributed by atoms with Crippen LogP contribution in [-0.2, 0) is 10.8 Å². The van der Waals surface area contributed by atoms with Crippen LogP contribution in [0.5, 0.6) is 0 Å². The SMILES string of the molecule is CC1(C)c2ccccc2-c2ccc(N(c3cc(-c4ccccc4)ccc3-c3cccc4oc5ccccc5c34)c3cccc4c3-c3ccccc3C4(C)C)cc21. The van der Waals surface area contributed by atoms with Gasteiger partial charge in [-0.1, -0.05) is 167 Å². The second-order valence-electron chi connectivity index (χ2n) is 16.5. The van der Waals surface area contributed by atoms with Crippen LogP contribution < -0.4 is 4.90 Å². The maximum atomic E-state index is 6.49. The van der Waals surface area contributed by atoms with Gasteiger partial charge in [0.1, 0.15) is 11.2 Å². The average molecular weight is 720 g/mol. The number of benzene rings is 8. The Balaban J connectivity index is 1.26. The number of hydrogen-bond acceptors (Lipinski definition) is 2. The van der Waals surface area contributed by atoms with Crippen LogP contribution in [-0.4, -0.2) is 0 Å². The van der Waals surface area contributed by atoms with Gasteiger partial charge in [0.2, 0.25) is 0 Å². The van der Waals surface area contributed by atoms with Crippen molar-refractivity contribution in [2.45, 2.75) is 38.5 Å². The quantitative estimate of drug-likeness (QED) is 0.176. The van der Waals surface area contributed by atoms with E-state index in [1.54, 1.807) is 0 Å². The fourth-order valence-electron chi connectivity index (χ4n) is 9.91. The molecule has 2 nitrogen and oxygen atoms in total. The number of nitrogens with zero attached hydrogens (tertiary/aromatic N) is 1. The summed E-state index contributed by atoms with van der Waals surface area (Å²) in [5.74, 6) is 0. The summed E-state index contributed by atoms with van der Waals surface area (Å²) in [4.78, 5) is 2.55. The fraction of sp³-hybridized carbons (Fsp3) is 0.111. The zero-order valence-electron chi connectivity index (χ0n) is 32.1. The van der Waals surface area contributed by atoms with Gasteiger partial charge < -0.3 is 9.32 Å². The molecule has 0 spiro atoms. The van der Waals surface area contributed by atoms with Crippen LogP contribution in [0.1, 0.15) is 49.9 Å². The largest absolute Gasteiger partial charge is 0.456 e. The molecule has 2 aliphatic carbocycles. The maximum Gasteiger partial charge on any atom is 0.136 e. The average Bonchev–Trinajstić information content (AvgIpc) is 3.81. The van der Waals surface area contributed by atoms with Crippen molar-refractivity contribution in [3.8, 4) is 44.5 Å². The molecule has 0 saturated heterocycles. The van der Waals surface area contributed by atoms with Crippen molar-refractivity contribution in [2.24, 2.45) is 0 Å². The number of fused-ring (bicyclic) bond motifs is 9. The Labute approximate surface area is 328 Å². The van der Waals surface area contributed by atoms with Gasteiger partial charge in [0.05, 0.1) is 11.4 Å². The Morgan fingerprint density at radius 3 is 1.84 bits per heavy atom. The number of rotatable bonds is 5. The standard InChI is InChI=1S/C54H41NO/c1-53(2)44-23-12-9-19-41(44)52-45(53)24-15-25-47(52)55(36-29-31-38-37-18-8-11-22-43(37)54(3,4)46(38)33-36)48-32-35(34-16-6-5-7-17-34)28-30-39(48)40-21-14-27-50-51(40)42-20-10-13-26-49(42)56-50/h5-33H,1-4H3. The summed E-state index contributed by atoms with van der Waals surface area (Å²) in [6.45, 7) is 9.48. The molecule has 0 radical (unpaired) electrons. The topological polar surface area (TPSA) is 16.4 Å². The molecule has 1 aromatic heterocycles. The normalized spacial score (nSPS) is 14.4. The molecule has 0 aliphatic heterocycles. The molecule has 2 heteroatoms. The van der Waals surface area contributed by atoms with Crippen LogP contribution in [0.15, 0.2) is 180 Å². The lowest BCUT2D eigenvalue weighted by molar-refractivity contribution is 0.660. The minimum atomic E-state index is -0.156. The lowest BCUT2D eigenvalue weighted by Gasteiger charge is -2.32. The second kappa shape index (κ2) is 11.9. The Hall–Kier alpha value is -6.64. The van der Waals surface area contributed by atoms with E-state index in [4.69, 9.17) is 4.42 Å². The molecule has 0 N–H and O–H groups in total. The van der Waals surface area contributed by atoms with Gasteiger partial charge in [-0.25, -0.2) is 0 Å². The van der Waals surface area contributed by atoms with Crippen molar-refractivity contribution in [3.63, 3.8) is 0 Å². The Morgan fingerprint density at radius 1 is 0.393 bits per heavy atom. The highest BCUT2D eigenvalue weighted by molar-refractivity contribution is 6.14. The molecule has 9 aromatic rings. The van der Waals surface area contributed by atoms with Crippen molar-refractivity contribution in [3.05, 3.63) is 198 Å². The summed E-state index contributed by atoms with van der Waals surface area (Å²) >= 11 is 0. The molecule has 0 fully saturated rings. The summed E-state index contributed by atoms with van der Waals surface area (Å²) in [5.41, 5.74) is 20.2. The van der Waals surface area contributed by atoms with Gasteiger partial charge >= 0.3 is 0 Å². The van der Waals surface area contributed by atoms with E-state index in [0.717, 1.165) is 44.4 Å². The molecular formula is C54H41NO. The van der Waals surface area contributed by atoms with Crippen LogP contribution in [0.2, 0.25) is 0 Å². The fourth-order valence-corrected chi connectivity index (χ4v) is 9.91. The van der Waals surface area contributed by atoms with Gasteiger partial charge in [0.25, 0.3) is 0 Å². The zero-order valence-corrected chi connectivity index (χ0v) is 32.1. The van der Waals surface area contributed by atoms with Crippen LogP contribution >= 0.6 is 0 Å². The van der Waals surface area contributed by atoms with Crippen LogP contribution in [0, 0.1) is 0 Å². The van der Waals surface area contributed by atoms with Crippen molar-refractivity contribution < 1.29 is 4.42 Å². The van der Waals surface area contributed by atoms with Gasteiger partial charge in [-0.05, 0) is 92.0 Å². The van der Waals surface area contributed by atoms with Crippen LogP contribution in [0.3, 0.4) is 0 Å². The summed E-state index contributed by atoms with van der Waals surface area (Å²) in [7, 11) is 0. The minimum absolute atomic E-state index is 0.148. The van der Waals surface area contributed by atoms with Gasteiger partial charge in [-0.2, -0.15) is 0 Å². The van der Waals surface area contributed by atoms with Gasteiger partial charge in [0.15, 0.2) is 0 Å². The highest BCUT2D eigenvalue weighted by Crippen LogP contribution is 2.57. The summed E-state index contributed by atoms with van der Waals surface area (Å²) in [6.07, 6.45) is 0. The molecule has 268 valence electrons. The van der Waals surface area contributed by atoms with E-state index in [9.17, 15) is 0 Å². The highest BCUT2D eigenvalue weighted by atomic mass is 16.3. The number of hydrogen-bond donors (Lipinski definition) is 0. The predicted molar refractivity (Wildman–Crippen MR) is 234 cm³/mol. The van der Waals surface area contributed by atoms with Gasteiger partial charge in [0, 0.05) is 38.4 Å². The molecule has 0 amide bonds. The van der Waals surface area contributed by atoms with E-state index in [-0.39, 0.29) is 10.8 Å². The van der Waals surface area contributed by atoms with E-state index in [0.29, 0.717) is 0 Å². The molecule has 0 unspecified atom stereocenters. The smallest absolute Gasteiger partial charge is 0.136 e. The Bertz CT molecular complexity index is 3030. The Morgan fingerprint density at radius 2 is 1.00 bits per heavy atom. The monoisotopic (exact) mass is 719 g/mol. The third-order valence-corrected chi connectivity index (χ3v) is 12.7. The molecule has 2 aliphatic rings. The molecule has 1 heterocycles. The van der Waals surface area contributed by atoms with E-state index < -0.39 is 0 Å². The van der Waals surface area contributed by atoms with E-state index >= 15 is 0 Å². The number of para-hydroxylation sites is 1. The number of anilines is 3. The van der Waals surface area contributed by atoms with Crippen molar-refractivity contribution >= 4 is 39.0 Å². The van der Waals surface area contributed by atoms with E-state index in [1.807, 2.05) is 0 Å². The first kappa shape index (κ1) is 32.8. The summed E-state index contributed by atoms with van der Waals surface area (Å²) < 4.78 is 6.49. The first-order valence-corrected chi connectivity index (χ1v) is 19.7. The molecular weight excluding hydrogens is 679 g/mol. The van der Waals surface area contributed by atoms with Crippen molar-refractivity contribution in [1.29, 1.82) is 0 Å². The molecule has 0 atom stereocenters. The summed E-state index contributed by atoms with van der Waals surface area (Å²) in [5, 5.41) is 2.25. The second-order valence-corrected chi connectivity index (χ2v) is 16.5. The first-order chi connectivity index (χ1) is 27.3. The minimum Gasteiger partial charge on any atom is -0.456 e. The molecule has 11 rings (SSSR count). The zero-order chi connectivity index (χ0) is 37.8. The molecule has 0 saturated carbocycles. The lowest BCUT2D eigenvalue weighted by atomic mass is 9.82. The van der Waals surface area contributed by atoms with Crippen LogP contribution in [0.4, 0.5) is 17.1 Å². The highest BCUT2D eigenvalue weighted by Gasteiger charge is 2.39. The molecule has 0 bridgehead atoms. The third kappa shape index (κ3) is 4.62. The third-order valence-electron chi connectivity index (χ3n) is 12.7. The van der Waals surface area contributed by atoms with E-state index in [1.165, 1.54) is 61.3 Å². The van der Waals surface area contributed by atoms with Gasteiger partial charge in [-0.15, -0.1) is 0 Å². The number of furan rings is 1. The maximum absolute atomic E-state index is 6.49. The lowest BCUT2D eigenvalue weighted by Crippen LogP contribution is -2.18. The summed E-state index contributed by atoms with van der Waals surface area (Å²) in [6, 6.07) is 64.7. The van der Waals surface area contributed by atoms with Crippen molar-refractivity contribution in [1.82, 2.24) is 0 Å². The van der Waals surface area contributed by atoms with Crippen molar-refractivity contribution in [2.75, 3.05) is 4.90 Å².